The van der Waals surface area contributed by atoms with Gasteiger partial charge in [0.25, 0.3) is 10.2 Å². The molecule has 5 heteroatoms. The van der Waals surface area contributed by atoms with Gasteiger partial charge in [0, 0.05) is 26.2 Å². The van der Waals surface area contributed by atoms with Crippen molar-refractivity contribution in [2.45, 2.75) is 39.0 Å². The molecule has 4 nitrogen and oxygen atoms in total. The lowest BCUT2D eigenvalue weighted by atomic mass is 10.0. The molecule has 0 aromatic carbocycles. The molecule has 2 aliphatic heterocycles. The Morgan fingerprint density at radius 3 is 2.19 bits per heavy atom. The van der Waals surface area contributed by atoms with E-state index in [-0.39, 0.29) is 0 Å². The fraction of sp³-hybridized carbons (Fsp3) is 1.00. The van der Waals surface area contributed by atoms with Gasteiger partial charge in [-0.25, -0.2) is 0 Å². The molecule has 0 amide bonds. The molecule has 1 unspecified atom stereocenters. The van der Waals surface area contributed by atoms with Crippen molar-refractivity contribution in [3.05, 3.63) is 0 Å². The van der Waals surface area contributed by atoms with Gasteiger partial charge in [-0.3, -0.25) is 0 Å². The minimum atomic E-state index is -3.15. The maximum absolute atomic E-state index is 12.3. The molecule has 0 spiro atoms. The summed E-state index contributed by atoms with van der Waals surface area (Å²) in [7, 11) is -3.15. The fourth-order valence-electron chi connectivity index (χ4n) is 2.61. The van der Waals surface area contributed by atoms with Crippen LogP contribution >= 0.6 is 0 Å². The van der Waals surface area contributed by atoms with Gasteiger partial charge in [0.1, 0.15) is 0 Å². The molecule has 0 N–H and O–H groups in total. The largest absolute Gasteiger partial charge is 0.281 e. The van der Waals surface area contributed by atoms with E-state index in [9.17, 15) is 8.42 Å². The molecule has 0 aromatic rings. The molecule has 0 saturated carbocycles. The van der Waals surface area contributed by atoms with Crippen molar-refractivity contribution >= 4 is 10.2 Å². The summed E-state index contributed by atoms with van der Waals surface area (Å²) < 4.78 is 28.0. The topological polar surface area (TPSA) is 40.6 Å². The summed E-state index contributed by atoms with van der Waals surface area (Å²) in [5.41, 5.74) is 0. The van der Waals surface area contributed by atoms with Crippen molar-refractivity contribution in [3.63, 3.8) is 0 Å². The van der Waals surface area contributed by atoms with E-state index >= 15 is 0 Å². The van der Waals surface area contributed by atoms with Gasteiger partial charge < -0.3 is 0 Å². The minimum Gasteiger partial charge on any atom is -0.195 e. The molecule has 0 radical (unpaired) electrons. The highest BCUT2D eigenvalue weighted by Crippen LogP contribution is 2.22. The van der Waals surface area contributed by atoms with Gasteiger partial charge in [-0.05, 0) is 31.6 Å². The zero-order valence-electron chi connectivity index (χ0n) is 10.1. The summed E-state index contributed by atoms with van der Waals surface area (Å²) in [5.74, 6) is 0.508. The Labute approximate surface area is 98.8 Å². The van der Waals surface area contributed by atoms with E-state index in [1.54, 1.807) is 8.61 Å². The summed E-state index contributed by atoms with van der Waals surface area (Å²) in [6.45, 7) is 4.99. The van der Waals surface area contributed by atoms with Gasteiger partial charge in [-0.2, -0.15) is 17.0 Å². The molecular weight excluding hydrogens is 224 g/mol. The fourth-order valence-corrected chi connectivity index (χ4v) is 4.46. The molecule has 1 atom stereocenters. The van der Waals surface area contributed by atoms with E-state index in [1.807, 2.05) is 0 Å². The molecule has 2 fully saturated rings. The first-order valence-corrected chi connectivity index (χ1v) is 7.75. The number of rotatable bonds is 2. The second-order valence-electron chi connectivity index (χ2n) is 5.07. The van der Waals surface area contributed by atoms with Crippen LogP contribution in [0.1, 0.15) is 39.0 Å². The van der Waals surface area contributed by atoms with E-state index in [4.69, 9.17) is 0 Å². The summed E-state index contributed by atoms with van der Waals surface area (Å²) in [6, 6.07) is 0. The van der Waals surface area contributed by atoms with Gasteiger partial charge in [-0.1, -0.05) is 13.3 Å². The average molecular weight is 246 g/mol. The minimum absolute atomic E-state index is 0.508. The Morgan fingerprint density at radius 1 is 0.938 bits per heavy atom. The Bertz CT molecular complexity index is 323. The Morgan fingerprint density at radius 2 is 1.56 bits per heavy atom. The third-order valence-corrected chi connectivity index (χ3v) is 5.59. The molecule has 2 heterocycles. The van der Waals surface area contributed by atoms with Crippen LogP contribution in [-0.4, -0.2) is 43.2 Å². The van der Waals surface area contributed by atoms with E-state index in [1.165, 1.54) is 6.42 Å². The van der Waals surface area contributed by atoms with Crippen molar-refractivity contribution in [2.24, 2.45) is 5.92 Å². The van der Waals surface area contributed by atoms with Gasteiger partial charge in [0.2, 0.25) is 0 Å². The van der Waals surface area contributed by atoms with Gasteiger partial charge in [0.05, 0.1) is 0 Å². The molecule has 2 rings (SSSR count). The number of hydrogen-bond acceptors (Lipinski definition) is 2. The predicted molar refractivity (Wildman–Crippen MR) is 64.3 cm³/mol. The molecule has 0 aromatic heterocycles. The Balaban J connectivity index is 2.05. The van der Waals surface area contributed by atoms with Gasteiger partial charge in [-0.15, -0.1) is 0 Å². The number of nitrogens with zero attached hydrogens (tertiary/aromatic N) is 2. The van der Waals surface area contributed by atoms with E-state index < -0.39 is 10.2 Å². The first-order valence-electron chi connectivity index (χ1n) is 6.36. The standard InChI is InChI=1S/C11H22N2O2S/c1-11-6-5-9-13(10-11)16(14,15)12-7-3-2-4-8-12/h11H,2-10H2,1H3. The molecule has 16 heavy (non-hydrogen) atoms. The molecule has 0 bridgehead atoms. The normalized spacial score (nSPS) is 30.4. The van der Waals surface area contributed by atoms with Crippen LogP contribution in [0.3, 0.4) is 0 Å². The van der Waals surface area contributed by atoms with Crippen LogP contribution in [0.2, 0.25) is 0 Å². The highest BCUT2D eigenvalue weighted by atomic mass is 32.2. The van der Waals surface area contributed by atoms with E-state index in [0.29, 0.717) is 32.1 Å². The molecule has 2 aliphatic rings. The lowest BCUT2D eigenvalue weighted by molar-refractivity contribution is 0.247. The van der Waals surface area contributed by atoms with Crippen LogP contribution in [0.5, 0.6) is 0 Å². The van der Waals surface area contributed by atoms with Crippen molar-refractivity contribution in [1.82, 2.24) is 8.61 Å². The lowest BCUT2D eigenvalue weighted by Gasteiger charge is -2.35. The highest BCUT2D eigenvalue weighted by molar-refractivity contribution is 7.86. The second-order valence-corrected chi connectivity index (χ2v) is 7.00. The van der Waals surface area contributed by atoms with Crippen molar-refractivity contribution in [3.8, 4) is 0 Å². The first kappa shape index (κ1) is 12.3. The zero-order chi connectivity index (χ0) is 11.6. The summed E-state index contributed by atoms with van der Waals surface area (Å²) in [4.78, 5) is 0. The van der Waals surface area contributed by atoms with Crippen LogP contribution in [0.15, 0.2) is 0 Å². The molecule has 2 saturated heterocycles. The van der Waals surface area contributed by atoms with E-state index in [2.05, 4.69) is 6.92 Å². The summed E-state index contributed by atoms with van der Waals surface area (Å²) in [6.07, 6.45) is 5.37. The molecule has 94 valence electrons. The first-order chi connectivity index (χ1) is 7.60. The molecule has 0 aliphatic carbocycles. The van der Waals surface area contributed by atoms with Crippen LogP contribution in [0.4, 0.5) is 0 Å². The average Bonchev–Trinajstić information content (AvgIpc) is 2.30. The maximum atomic E-state index is 12.3. The summed E-state index contributed by atoms with van der Waals surface area (Å²) in [5, 5.41) is 0. The van der Waals surface area contributed by atoms with Gasteiger partial charge in [0.15, 0.2) is 0 Å². The Hall–Kier alpha value is -0.130. The second kappa shape index (κ2) is 5.02. The molecular formula is C11H22N2O2S. The van der Waals surface area contributed by atoms with E-state index in [0.717, 1.165) is 25.7 Å². The quantitative estimate of drug-likeness (QED) is 0.740. The van der Waals surface area contributed by atoms with Crippen LogP contribution < -0.4 is 0 Å². The van der Waals surface area contributed by atoms with Crippen LogP contribution in [0, 0.1) is 5.92 Å². The Kier molecular flexibility index (Phi) is 3.87. The van der Waals surface area contributed by atoms with Crippen LogP contribution in [0.25, 0.3) is 0 Å². The lowest BCUT2D eigenvalue weighted by Crippen LogP contribution is -2.49. The van der Waals surface area contributed by atoms with Crippen molar-refractivity contribution in [1.29, 1.82) is 0 Å². The summed E-state index contributed by atoms with van der Waals surface area (Å²) >= 11 is 0. The smallest absolute Gasteiger partial charge is 0.195 e. The van der Waals surface area contributed by atoms with Crippen molar-refractivity contribution in [2.75, 3.05) is 26.2 Å². The number of piperidine rings is 2. The van der Waals surface area contributed by atoms with Crippen LogP contribution in [-0.2, 0) is 10.2 Å². The third kappa shape index (κ3) is 2.57. The maximum Gasteiger partial charge on any atom is 0.281 e. The zero-order valence-corrected chi connectivity index (χ0v) is 10.9. The number of hydrogen-bond donors (Lipinski definition) is 0. The monoisotopic (exact) mass is 246 g/mol. The predicted octanol–water partition coefficient (Wildman–Crippen LogP) is 1.45. The highest BCUT2D eigenvalue weighted by Gasteiger charge is 2.32. The van der Waals surface area contributed by atoms with Gasteiger partial charge >= 0.3 is 0 Å². The van der Waals surface area contributed by atoms with Crippen molar-refractivity contribution < 1.29 is 8.42 Å². The SMILES string of the molecule is CC1CCCN(S(=O)(=O)N2CCCCC2)C1. The third-order valence-electron chi connectivity index (χ3n) is 3.59.